The van der Waals surface area contributed by atoms with E-state index in [0.29, 0.717) is 11.4 Å². The number of aromatic amines is 1. The molecule has 0 amide bonds. The maximum Gasteiger partial charge on any atom is 0.356 e. The van der Waals surface area contributed by atoms with E-state index >= 15 is 0 Å². The molecule has 0 saturated carbocycles. The van der Waals surface area contributed by atoms with Gasteiger partial charge in [-0.25, -0.2) is 14.1 Å². The number of nitrogens with zero attached hydrogens (tertiary/aromatic N) is 7. The number of aromatic carboxylic acids is 1. The van der Waals surface area contributed by atoms with E-state index in [0.717, 1.165) is 0 Å². The average Bonchev–Trinajstić information content (AvgIpc) is 3.50. The lowest BCUT2D eigenvalue weighted by Crippen LogP contribution is -2.53. The predicted octanol–water partition coefficient (Wildman–Crippen LogP) is 0.663. The number of anilines is 1. The molecule has 14 heteroatoms. The molecule has 3 aromatic heterocycles. The van der Waals surface area contributed by atoms with Gasteiger partial charge in [-0.05, 0) is 0 Å². The molecule has 0 fully saturated rings. The zero-order chi connectivity index (χ0) is 23.5. The van der Waals surface area contributed by atoms with Gasteiger partial charge in [0.05, 0.1) is 0 Å². The van der Waals surface area contributed by atoms with Crippen molar-refractivity contribution in [1.82, 2.24) is 34.7 Å². The van der Waals surface area contributed by atoms with Crippen LogP contribution in [0.4, 0.5) is 5.69 Å². The van der Waals surface area contributed by atoms with E-state index in [1.807, 2.05) is 19.9 Å². The van der Waals surface area contributed by atoms with Crippen molar-refractivity contribution in [3.63, 3.8) is 0 Å². The third-order valence-corrected chi connectivity index (χ3v) is 5.24. The number of nitrogens with one attached hydrogen (secondary N) is 2. The van der Waals surface area contributed by atoms with Gasteiger partial charge in [-0.2, -0.15) is 9.78 Å². The van der Waals surface area contributed by atoms with Crippen molar-refractivity contribution in [1.29, 1.82) is 0 Å². The van der Waals surface area contributed by atoms with E-state index in [1.54, 1.807) is 24.3 Å². The van der Waals surface area contributed by atoms with Crippen LogP contribution in [0.15, 0.2) is 35.4 Å². The van der Waals surface area contributed by atoms with Gasteiger partial charge >= 0.3 is 11.9 Å². The summed E-state index contributed by atoms with van der Waals surface area (Å²) in [6.07, 6.45) is 0. The molecule has 5 rings (SSSR count). The zero-order valence-corrected chi connectivity index (χ0v) is 17.4. The minimum absolute atomic E-state index is 0.0296. The number of carboxylic acids is 2. The first kappa shape index (κ1) is 20.3. The van der Waals surface area contributed by atoms with Crippen molar-refractivity contribution >= 4 is 29.0 Å². The van der Waals surface area contributed by atoms with Gasteiger partial charge < -0.3 is 15.5 Å². The summed E-state index contributed by atoms with van der Waals surface area (Å²) >= 11 is 0. The third kappa shape index (κ3) is 2.88. The number of hydrogen-bond donors (Lipinski definition) is 5. The van der Waals surface area contributed by atoms with Gasteiger partial charge in [-0.3, -0.25) is 10.8 Å². The van der Waals surface area contributed by atoms with Crippen LogP contribution in [-0.2, 0) is 10.5 Å². The second-order valence-corrected chi connectivity index (χ2v) is 7.75. The molecule has 4 aromatic rings. The normalized spacial score (nSPS) is 17.4. The highest BCUT2D eigenvalue weighted by atomic mass is 16.4. The largest absolute Gasteiger partial charge is 0.477 e. The molecule has 0 saturated heterocycles. The van der Waals surface area contributed by atoms with Crippen LogP contribution in [0.5, 0.6) is 0 Å². The summed E-state index contributed by atoms with van der Waals surface area (Å²) in [6, 6.07) is 8.92. The zero-order valence-electron chi connectivity index (χ0n) is 17.4. The lowest BCUT2D eigenvalue weighted by molar-refractivity contribution is -0.129. The molecule has 33 heavy (non-hydrogen) atoms. The fourth-order valence-corrected chi connectivity index (χ4v) is 3.69. The van der Waals surface area contributed by atoms with Crippen molar-refractivity contribution in [2.75, 3.05) is 5.32 Å². The molecular weight excluding hydrogens is 432 g/mol. The summed E-state index contributed by atoms with van der Waals surface area (Å²) in [5.41, 5.74) is 4.44. The Bertz CT molecular complexity index is 1450. The molecule has 168 valence electrons. The van der Waals surface area contributed by atoms with Crippen LogP contribution in [0.3, 0.4) is 0 Å². The van der Waals surface area contributed by atoms with Crippen LogP contribution in [0.2, 0.25) is 0 Å². The van der Waals surface area contributed by atoms with E-state index in [-0.39, 0.29) is 34.6 Å². The van der Waals surface area contributed by atoms with Gasteiger partial charge in [-0.1, -0.05) is 44.2 Å². The number of H-pyrrole nitrogens is 1. The van der Waals surface area contributed by atoms with Gasteiger partial charge in [0, 0.05) is 11.5 Å². The number of aliphatic carboxylic acids is 1. The molecule has 14 nitrogen and oxygen atoms in total. The smallest absolute Gasteiger partial charge is 0.356 e. The minimum Gasteiger partial charge on any atom is -0.477 e. The molecule has 0 spiro atoms. The minimum atomic E-state index is -2.01. The number of nitrogens with two attached hydrogens (primary N) is 1. The Labute approximate surface area is 184 Å². The maximum atomic E-state index is 12.1. The maximum absolute atomic E-state index is 12.1. The molecule has 4 heterocycles. The number of carbonyl (C=O) groups is 2. The fourth-order valence-electron chi connectivity index (χ4n) is 3.69. The standard InChI is InChI=1S/C19H18N10O4/c1-8(2)13-22-24-15-10(11(16(30)31)26-28(13)15)21-19(20)12(17(32)33)27-29-14(23-25-18(19)29)9-6-4-3-5-7-9/h3-8,21,26H,20H2,1-2H3,(H,30,31)(H,32,33). The van der Waals surface area contributed by atoms with Gasteiger partial charge in [0.25, 0.3) is 0 Å². The topological polar surface area (TPSA) is 202 Å². The summed E-state index contributed by atoms with van der Waals surface area (Å²) in [7, 11) is 0. The first-order valence-electron chi connectivity index (χ1n) is 9.83. The summed E-state index contributed by atoms with van der Waals surface area (Å²) in [4.78, 5) is 24.0. The van der Waals surface area contributed by atoms with Crippen LogP contribution in [0.25, 0.3) is 17.0 Å². The van der Waals surface area contributed by atoms with Crippen LogP contribution in [0, 0.1) is 0 Å². The Hall–Kier alpha value is -4.59. The molecule has 1 aliphatic heterocycles. The van der Waals surface area contributed by atoms with Gasteiger partial charge in [0.15, 0.2) is 23.1 Å². The van der Waals surface area contributed by atoms with Crippen molar-refractivity contribution < 1.29 is 19.8 Å². The number of hydrogen-bond acceptors (Lipinski definition) is 9. The molecule has 0 radical (unpaired) electrons. The third-order valence-electron chi connectivity index (χ3n) is 5.24. The van der Waals surface area contributed by atoms with Crippen LogP contribution < -0.4 is 11.1 Å². The molecule has 6 N–H and O–H groups in total. The first-order chi connectivity index (χ1) is 15.7. The fraction of sp³-hybridized carbons (Fsp3) is 0.211. The van der Waals surface area contributed by atoms with Crippen LogP contribution in [0.1, 0.15) is 41.9 Å². The Morgan fingerprint density at radius 2 is 1.82 bits per heavy atom. The number of benzene rings is 1. The summed E-state index contributed by atoms with van der Waals surface area (Å²) in [6.45, 7) is 3.74. The van der Waals surface area contributed by atoms with Crippen molar-refractivity contribution in [3.05, 3.63) is 47.7 Å². The number of aromatic nitrogens is 7. The Morgan fingerprint density at radius 1 is 1.09 bits per heavy atom. The number of rotatable bonds is 6. The highest BCUT2D eigenvalue weighted by Gasteiger charge is 2.49. The van der Waals surface area contributed by atoms with Crippen molar-refractivity contribution in [3.8, 4) is 11.4 Å². The van der Waals surface area contributed by atoms with Gasteiger partial charge in [0.2, 0.25) is 17.1 Å². The molecule has 1 unspecified atom stereocenters. The molecule has 1 atom stereocenters. The van der Waals surface area contributed by atoms with E-state index in [9.17, 15) is 19.8 Å². The lowest BCUT2D eigenvalue weighted by Gasteiger charge is -2.24. The molecule has 0 bridgehead atoms. The molecule has 1 aliphatic rings. The van der Waals surface area contributed by atoms with Gasteiger partial charge in [-0.15, -0.1) is 20.4 Å². The number of carboxylic acid groups (broad SMARTS) is 2. The van der Waals surface area contributed by atoms with E-state index in [4.69, 9.17) is 5.73 Å². The Morgan fingerprint density at radius 3 is 2.45 bits per heavy atom. The van der Waals surface area contributed by atoms with Crippen LogP contribution >= 0.6 is 0 Å². The van der Waals surface area contributed by atoms with E-state index < -0.39 is 23.3 Å². The average molecular weight is 450 g/mol. The second-order valence-electron chi connectivity index (χ2n) is 7.75. The summed E-state index contributed by atoms with van der Waals surface area (Å²) in [5.74, 6) is -2.06. The second kappa shape index (κ2) is 6.96. The quantitative estimate of drug-likeness (QED) is 0.260. The molecule has 0 aliphatic carbocycles. The highest BCUT2D eigenvalue weighted by Crippen LogP contribution is 2.34. The molecular formula is C19H18N10O4. The monoisotopic (exact) mass is 450 g/mol. The SMILES string of the molecule is CC(C)c1nnc2c(NC3(N)C(C(=O)O)=Nn4c(-c5ccccc5)nnc43)c(C(=O)O)[nH]n12. The Balaban J connectivity index is 1.68. The van der Waals surface area contributed by atoms with Crippen LogP contribution in [-0.4, -0.2) is 62.5 Å². The van der Waals surface area contributed by atoms with Gasteiger partial charge in [0.1, 0.15) is 5.69 Å². The predicted molar refractivity (Wildman–Crippen MR) is 114 cm³/mol. The van der Waals surface area contributed by atoms with E-state index in [1.165, 1.54) is 9.19 Å². The van der Waals surface area contributed by atoms with Crippen molar-refractivity contribution in [2.45, 2.75) is 25.4 Å². The summed E-state index contributed by atoms with van der Waals surface area (Å²) in [5, 5.41) is 45.6. The lowest BCUT2D eigenvalue weighted by atomic mass is 10.0. The highest BCUT2D eigenvalue weighted by molar-refractivity contribution is 6.40. The Kier molecular flexibility index (Phi) is 4.29. The number of fused-ring (bicyclic) bond motifs is 2. The molecule has 1 aromatic carbocycles. The van der Waals surface area contributed by atoms with E-state index in [2.05, 4.69) is 35.9 Å². The summed E-state index contributed by atoms with van der Waals surface area (Å²) < 4.78 is 2.63. The first-order valence-corrected chi connectivity index (χ1v) is 9.83. The van der Waals surface area contributed by atoms with Crippen molar-refractivity contribution in [2.24, 2.45) is 10.8 Å².